The maximum Gasteiger partial charge on any atom is 0.111 e. The molecular weight excluding hydrogens is 314 g/mol. The van der Waals surface area contributed by atoms with Crippen LogP contribution in [0.3, 0.4) is 0 Å². The van der Waals surface area contributed by atoms with Crippen molar-refractivity contribution in [1.82, 2.24) is 5.32 Å². The van der Waals surface area contributed by atoms with E-state index in [0.717, 1.165) is 0 Å². The van der Waals surface area contributed by atoms with E-state index in [1.54, 1.807) is 0 Å². The maximum atomic E-state index is 9.84. The first-order chi connectivity index (χ1) is 10.7. The summed E-state index contributed by atoms with van der Waals surface area (Å²) in [7, 11) is 0. The van der Waals surface area contributed by atoms with Crippen LogP contribution in [-0.4, -0.2) is 114 Å². The van der Waals surface area contributed by atoms with Gasteiger partial charge in [-0.25, -0.2) is 0 Å². The highest BCUT2D eigenvalue weighted by Crippen LogP contribution is 2.20. The molecule has 0 aromatic carbocycles. The van der Waals surface area contributed by atoms with Gasteiger partial charge in [-0.05, 0) is 5.57 Å². The Labute approximate surface area is 132 Å². The SMILES string of the molecule is OCC1=C[C@H](NC[C@H](O)[C@@H](O)[C@H](O)[C@H](O)CO)[C@H](O)[C@H](O)[C@@H]1O. The second-order valence-corrected chi connectivity index (χ2v) is 5.56. The van der Waals surface area contributed by atoms with Crippen molar-refractivity contribution in [3.8, 4) is 0 Å². The molecular formula is C13H25NO9. The van der Waals surface area contributed by atoms with Gasteiger partial charge in [0.2, 0.25) is 0 Å². The molecule has 8 atom stereocenters. The van der Waals surface area contributed by atoms with Crippen molar-refractivity contribution in [2.45, 2.75) is 48.8 Å². The monoisotopic (exact) mass is 339 g/mol. The summed E-state index contributed by atoms with van der Waals surface area (Å²) in [5.74, 6) is 0. The molecule has 0 amide bonds. The van der Waals surface area contributed by atoms with E-state index in [1.165, 1.54) is 6.08 Å². The van der Waals surface area contributed by atoms with E-state index >= 15 is 0 Å². The molecule has 10 N–H and O–H groups in total. The van der Waals surface area contributed by atoms with Gasteiger partial charge in [0, 0.05) is 6.54 Å². The third-order valence-electron chi connectivity index (χ3n) is 3.89. The minimum atomic E-state index is -1.77. The molecule has 0 spiro atoms. The average molecular weight is 339 g/mol. The Bertz CT molecular complexity index is 394. The molecule has 0 radical (unpaired) electrons. The summed E-state index contributed by atoms with van der Waals surface area (Å²) in [6, 6.07) is -0.919. The zero-order valence-corrected chi connectivity index (χ0v) is 12.3. The van der Waals surface area contributed by atoms with Crippen molar-refractivity contribution in [2.75, 3.05) is 19.8 Å². The molecule has 10 nitrogen and oxygen atoms in total. The summed E-state index contributed by atoms with van der Waals surface area (Å²) in [5, 5.41) is 87.6. The Morgan fingerprint density at radius 1 is 0.913 bits per heavy atom. The Morgan fingerprint density at radius 2 is 1.48 bits per heavy atom. The summed E-state index contributed by atoms with van der Waals surface area (Å²) < 4.78 is 0. The fraction of sp³-hybridized carbons (Fsp3) is 0.846. The molecule has 0 bridgehead atoms. The second-order valence-electron chi connectivity index (χ2n) is 5.56. The molecule has 0 saturated carbocycles. The van der Waals surface area contributed by atoms with Gasteiger partial charge in [0.15, 0.2) is 0 Å². The number of nitrogens with one attached hydrogen (secondary N) is 1. The summed E-state index contributed by atoms with van der Waals surface area (Å²) >= 11 is 0. The Hall–Kier alpha value is -0.660. The summed E-state index contributed by atoms with van der Waals surface area (Å²) in [6.07, 6.45) is -9.79. The second kappa shape index (κ2) is 8.99. The largest absolute Gasteiger partial charge is 0.394 e. The quantitative estimate of drug-likeness (QED) is 0.190. The third-order valence-corrected chi connectivity index (χ3v) is 3.89. The van der Waals surface area contributed by atoms with Crippen LogP contribution < -0.4 is 5.32 Å². The summed E-state index contributed by atoms with van der Waals surface area (Å²) in [6.45, 7) is -1.67. The third kappa shape index (κ3) is 4.90. The fourth-order valence-corrected chi connectivity index (χ4v) is 2.31. The highest BCUT2D eigenvalue weighted by molar-refractivity contribution is 5.21. The van der Waals surface area contributed by atoms with Gasteiger partial charge in [0.1, 0.15) is 36.6 Å². The summed E-state index contributed by atoms with van der Waals surface area (Å²) in [5.41, 5.74) is 0.0890. The molecule has 0 fully saturated rings. The number of hydrogen-bond acceptors (Lipinski definition) is 10. The van der Waals surface area contributed by atoms with Crippen molar-refractivity contribution < 1.29 is 46.0 Å². The number of aliphatic hydroxyl groups is 9. The lowest BCUT2D eigenvalue weighted by atomic mass is 9.88. The minimum absolute atomic E-state index is 0.0890. The van der Waals surface area contributed by atoms with E-state index in [1.807, 2.05) is 0 Å². The van der Waals surface area contributed by atoms with Crippen LogP contribution in [0.1, 0.15) is 0 Å². The smallest absolute Gasteiger partial charge is 0.111 e. The van der Waals surface area contributed by atoms with Crippen LogP contribution in [0.2, 0.25) is 0 Å². The van der Waals surface area contributed by atoms with Gasteiger partial charge in [-0.1, -0.05) is 6.08 Å². The van der Waals surface area contributed by atoms with Crippen LogP contribution in [0.15, 0.2) is 11.6 Å². The molecule has 1 rings (SSSR count). The Balaban J connectivity index is 2.64. The predicted molar refractivity (Wildman–Crippen MR) is 76.1 cm³/mol. The maximum absolute atomic E-state index is 9.84. The highest BCUT2D eigenvalue weighted by Gasteiger charge is 2.37. The standard InChI is InChI=1S/C13H25NO9/c15-3-5-1-6(10(20)13(23)9(5)19)14-2-7(17)11(21)12(22)8(18)4-16/h1,6-23H,2-4H2/t6-,7-,8+,9+,10-,11+,12+,13+/m0/s1. The van der Waals surface area contributed by atoms with Crippen molar-refractivity contribution >= 4 is 0 Å². The molecule has 0 unspecified atom stereocenters. The van der Waals surface area contributed by atoms with Gasteiger partial charge in [-0.3, -0.25) is 0 Å². The van der Waals surface area contributed by atoms with Gasteiger partial charge in [-0.2, -0.15) is 0 Å². The first kappa shape index (κ1) is 20.4. The molecule has 0 aromatic heterocycles. The number of rotatable bonds is 8. The van der Waals surface area contributed by atoms with Crippen LogP contribution in [0.25, 0.3) is 0 Å². The van der Waals surface area contributed by atoms with Crippen molar-refractivity contribution in [1.29, 1.82) is 0 Å². The minimum Gasteiger partial charge on any atom is -0.394 e. The van der Waals surface area contributed by atoms with Gasteiger partial charge in [0.05, 0.1) is 25.4 Å². The summed E-state index contributed by atoms with van der Waals surface area (Å²) in [4.78, 5) is 0. The highest BCUT2D eigenvalue weighted by atomic mass is 16.4. The molecule has 136 valence electrons. The zero-order chi connectivity index (χ0) is 17.7. The molecule has 0 aliphatic heterocycles. The lowest BCUT2D eigenvalue weighted by Gasteiger charge is -2.35. The molecule has 1 aliphatic carbocycles. The Kier molecular flexibility index (Phi) is 7.97. The topological polar surface area (TPSA) is 194 Å². The van der Waals surface area contributed by atoms with Gasteiger partial charge >= 0.3 is 0 Å². The van der Waals surface area contributed by atoms with Crippen molar-refractivity contribution in [3.05, 3.63) is 11.6 Å². The lowest BCUT2D eigenvalue weighted by molar-refractivity contribution is -0.115. The molecule has 1 aliphatic rings. The van der Waals surface area contributed by atoms with Crippen molar-refractivity contribution in [3.63, 3.8) is 0 Å². The number of hydrogen-bond donors (Lipinski definition) is 10. The van der Waals surface area contributed by atoms with Gasteiger partial charge < -0.3 is 51.3 Å². The van der Waals surface area contributed by atoms with Gasteiger partial charge in [-0.15, -0.1) is 0 Å². The predicted octanol–water partition coefficient (Wildman–Crippen LogP) is -5.60. The first-order valence-corrected chi connectivity index (χ1v) is 7.16. The zero-order valence-electron chi connectivity index (χ0n) is 12.3. The van der Waals surface area contributed by atoms with Crippen LogP contribution in [0, 0.1) is 0 Å². The van der Waals surface area contributed by atoms with E-state index in [2.05, 4.69) is 5.32 Å². The average Bonchev–Trinajstić information content (AvgIpc) is 2.56. The first-order valence-electron chi connectivity index (χ1n) is 7.16. The Morgan fingerprint density at radius 3 is 2.00 bits per heavy atom. The molecule has 0 saturated heterocycles. The van der Waals surface area contributed by atoms with Crippen molar-refractivity contribution in [2.24, 2.45) is 0 Å². The molecule has 23 heavy (non-hydrogen) atoms. The lowest BCUT2D eigenvalue weighted by Crippen LogP contribution is -2.56. The molecule has 10 heteroatoms. The van der Waals surface area contributed by atoms with Crippen LogP contribution in [0.4, 0.5) is 0 Å². The van der Waals surface area contributed by atoms with E-state index in [4.69, 9.17) is 10.2 Å². The normalized spacial score (nSPS) is 33.7. The van der Waals surface area contributed by atoms with E-state index in [9.17, 15) is 35.7 Å². The van der Waals surface area contributed by atoms with Crippen LogP contribution >= 0.6 is 0 Å². The van der Waals surface area contributed by atoms with E-state index in [0.29, 0.717) is 0 Å². The number of aliphatic hydroxyl groups excluding tert-OH is 9. The molecule has 0 aromatic rings. The fourth-order valence-electron chi connectivity index (χ4n) is 2.31. The van der Waals surface area contributed by atoms with E-state index < -0.39 is 62.0 Å². The van der Waals surface area contributed by atoms with Crippen LogP contribution in [-0.2, 0) is 0 Å². The van der Waals surface area contributed by atoms with E-state index in [-0.39, 0.29) is 12.1 Å². The van der Waals surface area contributed by atoms with Crippen LogP contribution in [0.5, 0.6) is 0 Å². The molecule has 0 heterocycles. The van der Waals surface area contributed by atoms with Gasteiger partial charge in [0.25, 0.3) is 0 Å².